The fourth-order valence-corrected chi connectivity index (χ4v) is 3.71. The van der Waals surface area contributed by atoms with Gasteiger partial charge in [0.15, 0.2) is 0 Å². The Morgan fingerprint density at radius 2 is 2.00 bits per heavy atom. The fourth-order valence-electron chi connectivity index (χ4n) is 1.77. The van der Waals surface area contributed by atoms with Crippen LogP contribution in [0.1, 0.15) is 12.8 Å². The van der Waals surface area contributed by atoms with Gasteiger partial charge >= 0.3 is 0 Å². The van der Waals surface area contributed by atoms with Crippen molar-refractivity contribution in [2.45, 2.75) is 17.7 Å². The molecule has 0 unspecified atom stereocenters. The zero-order chi connectivity index (χ0) is 13.2. The van der Waals surface area contributed by atoms with Crippen LogP contribution >= 0.6 is 15.9 Å². The number of hydrogen-bond acceptors (Lipinski definition) is 5. The maximum Gasteiger partial charge on any atom is 0.244 e. The number of oxime groups is 1. The number of rotatable bonds is 2. The van der Waals surface area contributed by atoms with Crippen molar-refractivity contribution in [3.05, 3.63) is 22.9 Å². The van der Waals surface area contributed by atoms with Gasteiger partial charge in [0.2, 0.25) is 10.0 Å². The topological polar surface area (TPSA) is 82.9 Å². The first-order chi connectivity index (χ1) is 8.54. The Bertz CT molecular complexity index is 563. The molecule has 0 amide bonds. The lowest BCUT2D eigenvalue weighted by atomic mass is 10.1. The maximum atomic E-state index is 12.3. The highest BCUT2D eigenvalue weighted by molar-refractivity contribution is 9.10. The molecule has 2 rings (SSSR count). The fraction of sp³-hybridized carbons (Fsp3) is 0.400. The van der Waals surface area contributed by atoms with Crippen molar-refractivity contribution >= 4 is 31.7 Å². The third kappa shape index (κ3) is 2.70. The van der Waals surface area contributed by atoms with E-state index >= 15 is 0 Å². The van der Waals surface area contributed by atoms with Gasteiger partial charge in [-0.3, -0.25) is 4.98 Å². The van der Waals surface area contributed by atoms with Crippen LogP contribution in [0.25, 0.3) is 0 Å². The average Bonchev–Trinajstić information content (AvgIpc) is 2.39. The van der Waals surface area contributed by atoms with Gasteiger partial charge in [0.25, 0.3) is 0 Å². The van der Waals surface area contributed by atoms with Crippen molar-refractivity contribution in [1.82, 2.24) is 9.29 Å². The third-order valence-corrected chi connectivity index (χ3v) is 5.06. The molecule has 1 aromatic heterocycles. The molecule has 1 aromatic rings. The van der Waals surface area contributed by atoms with Crippen molar-refractivity contribution in [1.29, 1.82) is 0 Å². The largest absolute Gasteiger partial charge is 0.411 e. The van der Waals surface area contributed by atoms with E-state index in [0.29, 0.717) is 36.1 Å². The number of pyridine rings is 1. The summed E-state index contributed by atoms with van der Waals surface area (Å²) in [7, 11) is -3.51. The quantitative estimate of drug-likeness (QED) is 0.656. The first-order valence-electron chi connectivity index (χ1n) is 5.34. The molecule has 0 saturated carbocycles. The van der Waals surface area contributed by atoms with Crippen LogP contribution in [0, 0.1) is 0 Å². The van der Waals surface area contributed by atoms with E-state index < -0.39 is 10.0 Å². The summed E-state index contributed by atoms with van der Waals surface area (Å²) >= 11 is 3.20. The van der Waals surface area contributed by atoms with E-state index in [9.17, 15) is 8.42 Å². The molecule has 1 aliphatic rings. The van der Waals surface area contributed by atoms with Gasteiger partial charge in [0.1, 0.15) is 4.90 Å². The van der Waals surface area contributed by atoms with Crippen molar-refractivity contribution in [2.24, 2.45) is 5.16 Å². The lowest BCUT2D eigenvalue weighted by Crippen LogP contribution is -2.38. The molecule has 0 spiro atoms. The highest BCUT2D eigenvalue weighted by Gasteiger charge is 2.28. The second-order valence-corrected chi connectivity index (χ2v) is 6.76. The summed E-state index contributed by atoms with van der Waals surface area (Å²) in [5, 5.41) is 11.8. The van der Waals surface area contributed by atoms with Crippen molar-refractivity contribution in [3.8, 4) is 0 Å². The van der Waals surface area contributed by atoms with Crippen LogP contribution in [0.3, 0.4) is 0 Å². The summed E-state index contributed by atoms with van der Waals surface area (Å²) in [6, 6.07) is 1.53. The molecule has 0 radical (unpaired) electrons. The molecule has 6 nitrogen and oxygen atoms in total. The minimum atomic E-state index is -3.51. The molecule has 8 heteroatoms. The molecule has 0 bridgehead atoms. The van der Waals surface area contributed by atoms with Crippen LogP contribution in [-0.4, -0.2) is 41.7 Å². The van der Waals surface area contributed by atoms with Crippen LogP contribution in [0.2, 0.25) is 0 Å². The van der Waals surface area contributed by atoms with E-state index in [1.807, 2.05) is 0 Å². The zero-order valence-electron chi connectivity index (χ0n) is 9.45. The van der Waals surface area contributed by atoms with Gasteiger partial charge in [-0.1, -0.05) is 5.16 Å². The van der Waals surface area contributed by atoms with Gasteiger partial charge in [-0.2, -0.15) is 4.31 Å². The van der Waals surface area contributed by atoms with Gasteiger partial charge in [0, 0.05) is 42.8 Å². The van der Waals surface area contributed by atoms with E-state index in [-0.39, 0.29) is 4.90 Å². The summed E-state index contributed by atoms with van der Waals surface area (Å²) in [5.74, 6) is 0. The van der Waals surface area contributed by atoms with Crippen LogP contribution in [0.15, 0.2) is 33.0 Å². The number of aromatic nitrogens is 1. The summed E-state index contributed by atoms with van der Waals surface area (Å²) < 4.78 is 26.6. The first-order valence-corrected chi connectivity index (χ1v) is 7.58. The SMILES string of the molecule is O=S(=O)(c1cncc(Br)c1)N1CCC(=NO)CC1. The minimum Gasteiger partial charge on any atom is -0.411 e. The number of halogens is 1. The summed E-state index contributed by atoms with van der Waals surface area (Å²) in [6.07, 6.45) is 3.77. The predicted octanol–water partition coefficient (Wildman–Crippen LogP) is 1.46. The molecule has 1 N–H and O–H groups in total. The molecular formula is C10H12BrN3O3S. The number of hydrogen-bond donors (Lipinski definition) is 1. The number of nitrogens with zero attached hydrogens (tertiary/aromatic N) is 3. The Hall–Kier alpha value is -0.990. The molecule has 0 aliphatic carbocycles. The first kappa shape index (κ1) is 13.4. The summed E-state index contributed by atoms with van der Waals surface area (Å²) in [6.45, 7) is 0.655. The zero-order valence-corrected chi connectivity index (χ0v) is 11.9. The number of sulfonamides is 1. The molecule has 1 saturated heterocycles. The molecular weight excluding hydrogens is 322 g/mol. The van der Waals surface area contributed by atoms with E-state index in [1.165, 1.54) is 22.8 Å². The summed E-state index contributed by atoms with van der Waals surface area (Å²) in [5.41, 5.74) is 0.633. The second-order valence-electron chi connectivity index (χ2n) is 3.91. The van der Waals surface area contributed by atoms with E-state index in [0.717, 1.165) is 0 Å². The normalized spacial score (nSPS) is 17.7. The van der Waals surface area contributed by atoms with Gasteiger partial charge < -0.3 is 5.21 Å². The van der Waals surface area contributed by atoms with E-state index in [2.05, 4.69) is 26.1 Å². The average molecular weight is 334 g/mol. The molecule has 1 aliphatic heterocycles. The monoisotopic (exact) mass is 333 g/mol. The van der Waals surface area contributed by atoms with Crippen LogP contribution < -0.4 is 0 Å². The molecule has 0 aromatic carbocycles. The van der Waals surface area contributed by atoms with Crippen molar-refractivity contribution < 1.29 is 13.6 Å². The van der Waals surface area contributed by atoms with Crippen LogP contribution in [0.4, 0.5) is 0 Å². The van der Waals surface area contributed by atoms with Gasteiger partial charge in [-0.15, -0.1) is 0 Å². The Morgan fingerprint density at radius 3 is 2.56 bits per heavy atom. The summed E-state index contributed by atoms with van der Waals surface area (Å²) in [4.78, 5) is 4.03. The molecule has 18 heavy (non-hydrogen) atoms. The highest BCUT2D eigenvalue weighted by Crippen LogP contribution is 2.21. The molecule has 2 heterocycles. The van der Waals surface area contributed by atoms with Crippen LogP contribution in [0.5, 0.6) is 0 Å². The lowest BCUT2D eigenvalue weighted by Gasteiger charge is -2.26. The molecule has 0 atom stereocenters. The van der Waals surface area contributed by atoms with Gasteiger partial charge in [-0.25, -0.2) is 8.42 Å². The van der Waals surface area contributed by atoms with Gasteiger partial charge in [-0.05, 0) is 22.0 Å². The second kappa shape index (κ2) is 5.33. The Balaban J connectivity index is 2.22. The Morgan fingerprint density at radius 1 is 1.33 bits per heavy atom. The van der Waals surface area contributed by atoms with E-state index in [1.54, 1.807) is 0 Å². The predicted molar refractivity (Wildman–Crippen MR) is 69.2 cm³/mol. The smallest absolute Gasteiger partial charge is 0.244 e. The molecule has 1 fully saturated rings. The third-order valence-electron chi connectivity index (χ3n) is 2.76. The van der Waals surface area contributed by atoms with Crippen molar-refractivity contribution in [3.63, 3.8) is 0 Å². The lowest BCUT2D eigenvalue weighted by molar-refractivity contribution is 0.309. The highest BCUT2D eigenvalue weighted by atomic mass is 79.9. The minimum absolute atomic E-state index is 0.168. The van der Waals surface area contributed by atoms with Crippen LogP contribution in [-0.2, 0) is 10.0 Å². The molecule has 98 valence electrons. The van der Waals surface area contributed by atoms with E-state index in [4.69, 9.17) is 5.21 Å². The van der Waals surface area contributed by atoms with Crippen molar-refractivity contribution in [2.75, 3.05) is 13.1 Å². The number of piperidine rings is 1. The Kier molecular flexibility index (Phi) is 3.98. The van der Waals surface area contributed by atoms with Gasteiger partial charge in [0.05, 0.1) is 5.71 Å². The maximum absolute atomic E-state index is 12.3. The Labute approximate surface area is 114 Å². The standard InChI is InChI=1S/C10H12BrN3O3S/c11-8-5-10(7-12-6-8)18(16,17)14-3-1-9(13-15)2-4-14/h5-7,15H,1-4H2.